The van der Waals surface area contributed by atoms with Gasteiger partial charge in [-0.25, -0.2) is 0 Å². The van der Waals surface area contributed by atoms with Crippen LogP contribution in [0, 0.1) is 0 Å². The molecule has 0 unspecified atom stereocenters. The number of rotatable bonds is 3. The van der Waals surface area contributed by atoms with E-state index in [0.29, 0.717) is 0 Å². The van der Waals surface area contributed by atoms with Gasteiger partial charge >= 0.3 is 5.97 Å². The lowest BCUT2D eigenvalue weighted by atomic mass is 10.4. The summed E-state index contributed by atoms with van der Waals surface area (Å²) in [6.45, 7) is 3.38. The molecule has 0 amide bonds. The van der Waals surface area contributed by atoms with Gasteiger partial charge in [0.15, 0.2) is 0 Å². The smallest absolute Gasteiger partial charge is 0.316 e. The summed E-state index contributed by atoms with van der Waals surface area (Å²) in [5, 5.41) is 1.41. The molecule has 2 nitrogen and oxygen atoms in total. The number of carbonyl (C=O) groups excluding carboxylic acids is 1. The van der Waals surface area contributed by atoms with Gasteiger partial charge in [-0.15, -0.1) is 19.2 Å². The number of thiol groups is 2. The molecule has 0 aliphatic rings. The maximum absolute atomic E-state index is 10.7. The quantitative estimate of drug-likeness (QED) is 0.233. The zero-order valence-corrected chi connectivity index (χ0v) is 7.57. The van der Waals surface area contributed by atoms with Crippen LogP contribution in [0.15, 0.2) is 28.9 Å². The van der Waals surface area contributed by atoms with Gasteiger partial charge < -0.3 is 4.74 Å². The number of ether oxygens (including phenoxy) is 1. The molecule has 0 bridgehead atoms. The summed E-state index contributed by atoms with van der Waals surface area (Å²) in [7, 11) is 0. The number of esters is 1. The minimum atomic E-state index is -0.410. The molecule has 0 aliphatic carbocycles. The maximum atomic E-state index is 10.7. The molecule has 0 aromatic rings. The van der Waals surface area contributed by atoms with E-state index in [9.17, 15) is 4.79 Å². The third kappa shape index (κ3) is 5.85. The van der Waals surface area contributed by atoms with E-state index in [1.54, 1.807) is 0 Å². The van der Waals surface area contributed by atoms with E-state index in [1.807, 2.05) is 0 Å². The van der Waals surface area contributed by atoms with Crippen LogP contribution in [-0.2, 0) is 9.53 Å². The fourth-order valence-electron chi connectivity index (χ4n) is 0.352. The SMILES string of the molecule is C=CCC(=O)OC(S)=C=CS. The van der Waals surface area contributed by atoms with Crippen molar-refractivity contribution in [3.8, 4) is 0 Å². The van der Waals surface area contributed by atoms with Crippen LogP contribution in [0.4, 0.5) is 0 Å². The summed E-state index contributed by atoms with van der Waals surface area (Å²) in [5.74, 6) is -0.410. The minimum absolute atomic E-state index is 0.104. The van der Waals surface area contributed by atoms with Crippen molar-refractivity contribution < 1.29 is 9.53 Å². The fraction of sp³-hybridized carbons (Fsp3) is 0.143. The van der Waals surface area contributed by atoms with Crippen LogP contribution in [0.3, 0.4) is 0 Å². The second kappa shape index (κ2) is 6.16. The zero-order chi connectivity index (χ0) is 8.69. The normalized spacial score (nSPS) is 7.82. The molecular weight excluding hydrogens is 180 g/mol. The van der Waals surface area contributed by atoms with Gasteiger partial charge in [0, 0.05) is 5.41 Å². The first kappa shape index (κ1) is 10.4. The Morgan fingerprint density at radius 2 is 2.36 bits per heavy atom. The van der Waals surface area contributed by atoms with Crippen molar-refractivity contribution in [2.45, 2.75) is 6.42 Å². The molecule has 0 aromatic heterocycles. The van der Waals surface area contributed by atoms with Crippen molar-refractivity contribution in [2.75, 3.05) is 0 Å². The molecular formula is C7H8O2S2. The van der Waals surface area contributed by atoms with Crippen molar-refractivity contribution in [1.29, 1.82) is 0 Å². The van der Waals surface area contributed by atoms with Crippen LogP contribution in [-0.4, -0.2) is 5.97 Å². The predicted octanol–water partition coefficient (Wildman–Crippen LogP) is 1.92. The van der Waals surface area contributed by atoms with Gasteiger partial charge in [0.2, 0.25) is 5.09 Å². The third-order valence-corrected chi connectivity index (χ3v) is 1.06. The minimum Gasteiger partial charge on any atom is -0.411 e. The standard InChI is InChI=1S/C7H8O2S2/c1-2-3-6(8)9-7(11)4-5-10/h2,5,10-11H,1,3H2. The predicted molar refractivity (Wildman–Crippen MR) is 50.5 cm³/mol. The maximum Gasteiger partial charge on any atom is 0.316 e. The van der Waals surface area contributed by atoms with E-state index in [2.05, 4.69) is 42.3 Å². The van der Waals surface area contributed by atoms with E-state index in [4.69, 9.17) is 0 Å². The van der Waals surface area contributed by atoms with E-state index >= 15 is 0 Å². The molecule has 0 heterocycles. The van der Waals surface area contributed by atoms with Crippen LogP contribution in [0.2, 0.25) is 0 Å². The van der Waals surface area contributed by atoms with Crippen molar-refractivity contribution in [3.63, 3.8) is 0 Å². The Balaban J connectivity index is 3.95. The number of carbonyl (C=O) groups is 1. The van der Waals surface area contributed by atoms with Gasteiger partial charge in [-0.2, -0.15) is 0 Å². The first-order chi connectivity index (χ1) is 5.20. The molecule has 0 rings (SSSR count). The average molecular weight is 188 g/mol. The Labute approximate surface area is 76.4 Å². The summed E-state index contributed by atoms with van der Waals surface area (Å²) in [6.07, 6.45) is 1.62. The van der Waals surface area contributed by atoms with Gasteiger partial charge in [-0.05, 0) is 0 Å². The Kier molecular flexibility index (Phi) is 5.84. The highest BCUT2D eigenvalue weighted by molar-refractivity contribution is 7.84. The highest BCUT2D eigenvalue weighted by atomic mass is 32.1. The first-order valence-corrected chi connectivity index (χ1v) is 3.77. The van der Waals surface area contributed by atoms with Crippen molar-refractivity contribution in [1.82, 2.24) is 0 Å². The fourth-order valence-corrected chi connectivity index (χ4v) is 0.737. The average Bonchev–Trinajstić information content (AvgIpc) is 1.87. The Hall–Kier alpha value is -0.570. The van der Waals surface area contributed by atoms with Crippen molar-refractivity contribution in [2.24, 2.45) is 0 Å². The first-order valence-electron chi connectivity index (χ1n) is 2.80. The van der Waals surface area contributed by atoms with Crippen LogP contribution >= 0.6 is 25.3 Å². The van der Waals surface area contributed by atoms with E-state index in [1.165, 1.54) is 11.5 Å². The summed E-state index contributed by atoms with van der Waals surface area (Å²) >= 11 is 7.51. The van der Waals surface area contributed by atoms with E-state index in [0.717, 1.165) is 0 Å². The Morgan fingerprint density at radius 1 is 1.73 bits per heavy atom. The monoisotopic (exact) mass is 188 g/mol. The van der Waals surface area contributed by atoms with Gasteiger partial charge in [0.1, 0.15) is 0 Å². The largest absolute Gasteiger partial charge is 0.411 e. The molecule has 11 heavy (non-hydrogen) atoms. The van der Waals surface area contributed by atoms with Crippen molar-refractivity contribution >= 4 is 31.2 Å². The summed E-state index contributed by atoms with van der Waals surface area (Å²) in [4.78, 5) is 10.7. The molecule has 0 aromatic carbocycles. The summed E-state index contributed by atoms with van der Waals surface area (Å²) < 4.78 is 4.61. The van der Waals surface area contributed by atoms with E-state index in [-0.39, 0.29) is 11.5 Å². The summed E-state index contributed by atoms with van der Waals surface area (Å²) in [6, 6.07) is 0. The lowest BCUT2D eigenvalue weighted by Gasteiger charge is -1.96. The van der Waals surface area contributed by atoms with Gasteiger partial charge in [-0.1, -0.05) is 24.4 Å². The van der Waals surface area contributed by atoms with Crippen LogP contribution < -0.4 is 0 Å². The molecule has 0 N–H and O–H groups in total. The lowest BCUT2D eigenvalue weighted by molar-refractivity contribution is -0.137. The lowest BCUT2D eigenvalue weighted by Crippen LogP contribution is -1.98. The van der Waals surface area contributed by atoms with Gasteiger partial charge in [-0.3, -0.25) is 4.79 Å². The molecule has 60 valence electrons. The second-order valence-corrected chi connectivity index (χ2v) is 2.21. The van der Waals surface area contributed by atoms with Crippen LogP contribution in [0.5, 0.6) is 0 Å². The zero-order valence-electron chi connectivity index (χ0n) is 5.78. The Bertz CT molecular complexity index is 214. The van der Waals surface area contributed by atoms with E-state index < -0.39 is 5.97 Å². The highest BCUT2D eigenvalue weighted by Crippen LogP contribution is 2.02. The molecule has 0 fully saturated rings. The molecule has 0 saturated carbocycles. The van der Waals surface area contributed by atoms with Gasteiger partial charge in [0.25, 0.3) is 0 Å². The number of hydrogen-bond acceptors (Lipinski definition) is 4. The Morgan fingerprint density at radius 3 is 2.82 bits per heavy atom. The molecule has 0 spiro atoms. The summed E-state index contributed by atoms with van der Waals surface area (Å²) in [5.41, 5.74) is 2.48. The van der Waals surface area contributed by atoms with Crippen LogP contribution in [0.1, 0.15) is 6.42 Å². The molecule has 0 aliphatic heterocycles. The molecule has 0 radical (unpaired) electrons. The van der Waals surface area contributed by atoms with Crippen LogP contribution in [0.25, 0.3) is 0 Å². The van der Waals surface area contributed by atoms with Gasteiger partial charge in [0.05, 0.1) is 6.42 Å². The highest BCUT2D eigenvalue weighted by Gasteiger charge is 1.99. The molecule has 4 heteroatoms. The number of hydrogen-bond donors (Lipinski definition) is 2. The topological polar surface area (TPSA) is 26.3 Å². The molecule has 0 saturated heterocycles. The second-order valence-electron chi connectivity index (χ2n) is 1.55. The molecule has 0 atom stereocenters. The third-order valence-electron chi connectivity index (χ3n) is 0.710. The van der Waals surface area contributed by atoms with Crippen molar-refractivity contribution in [3.05, 3.63) is 28.9 Å².